The highest BCUT2D eigenvalue weighted by molar-refractivity contribution is 7.45. The van der Waals surface area contributed by atoms with Gasteiger partial charge in [0.25, 0.3) is 7.82 Å². The summed E-state index contributed by atoms with van der Waals surface area (Å²) in [6.07, 6.45) is 30.5. The first-order valence-electron chi connectivity index (χ1n) is 23.4. The Morgan fingerprint density at radius 3 is 1.84 bits per heavy atom. The maximum absolute atomic E-state index is 13.4. The highest BCUT2D eigenvalue weighted by Gasteiger charge is 2.23. The van der Waals surface area contributed by atoms with Gasteiger partial charge >= 0.3 is 19.3 Å². The van der Waals surface area contributed by atoms with Gasteiger partial charge in [0.05, 0.1) is 33.4 Å². The molecule has 2 atom stereocenters. The predicted octanol–water partition coefficient (Wildman–Crippen LogP) is 11.4. The number of esters is 2. The van der Waals surface area contributed by atoms with E-state index in [-0.39, 0.29) is 26.1 Å². The summed E-state index contributed by atoms with van der Waals surface area (Å²) >= 11 is 0. The van der Waals surface area contributed by atoms with Crippen LogP contribution in [-0.4, -0.2) is 87.6 Å². The van der Waals surface area contributed by atoms with Gasteiger partial charge in [-0.3, -0.25) is 27.8 Å². The smallest absolute Gasteiger partial charge is 0.677 e. The van der Waals surface area contributed by atoms with Crippen LogP contribution in [0.4, 0.5) is 8.63 Å². The van der Waals surface area contributed by atoms with Crippen LogP contribution in [-0.2, 0) is 32.7 Å². The standard InChI is InChI=1S/C46H79BF2N3O8P/c1-6-7-8-9-10-11-12-13-14-17-20-23-26-29-45(53)57-38-44(39-59-61(55,56)58-36-35-52(3,4)5)60-46(54)30-27-24-21-18-15-16-19-22-25-28-41-32-33-42(50-41)37-43-34-31-40(2)51(43)47(48)49/h31-34,37,44H,6-30,35-36,38-39H2,1-5H3/b42-37-/t44-/m1/s1. The first-order chi connectivity index (χ1) is 29.2. The van der Waals surface area contributed by atoms with Crippen LogP contribution in [0.15, 0.2) is 35.0 Å². The molecule has 2 heterocycles. The molecule has 15 heteroatoms. The van der Waals surface area contributed by atoms with Crippen LogP contribution in [0.1, 0.15) is 179 Å². The Morgan fingerprint density at radius 2 is 1.30 bits per heavy atom. The highest BCUT2D eigenvalue weighted by Crippen LogP contribution is 2.38. The van der Waals surface area contributed by atoms with Gasteiger partial charge in [0.15, 0.2) is 6.10 Å². The second kappa shape index (κ2) is 32.1. The van der Waals surface area contributed by atoms with E-state index < -0.39 is 39.9 Å². The van der Waals surface area contributed by atoms with E-state index in [1.54, 1.807) is 25.1 Å². The highest BCUT2D eigenvalue weighted by atomic mass is 31.2. The molecule has 1 unspecified atom stereocenters. The molecule has 1 aromatic rings. The molecule has 1 aliphatic rings. The number of aromatic nitrogens is 1. The lowest BCUT2D eigenvalue weighted by Gasteiger charge is -2.28. The molecule has 0 bridgehead atoms. The van der Waals surface area contributed by atoms with Gasteiger partial charge in [0.1, 0.15) is 19.8 Å². The maximum atomic E-state index is 13.4. The fourth-order valence-electron chi connectivity index (χ4n) is 7.10. The number of aryl methyl sites for hydroxylation is 1. The average Bonchev–Trinajstić information content (AvgIpc) is 3.81. The van der Waals surface area contributed by atoms with Gasteiger partial charge in [-0.15, -0.1) is 0 Å². The molecule has 1 aliphatic heterocycles. The van der Waals surface area contributed by atoms with E-state index in [1.807, 2.05) is 33.3 Å². The van der Waals surface area contributed by atoms with Gasteiger partial charge in [0, 0.05) is 29.9 Å². The zero-order chi connectivity index (χ0) is 44.8. The zero-order valence-electron chi connectivity index (χ0n) is 38.4. The number of hydrogen-bond acceptors (Lipinski definition) is 9. The second-order valence-corrected chi connectivity index (χ2v) is 19.0. The molecule has 0 spiro atoms. The van der Waals surface area contributed by atoms with Gasteiger partial charge in [-0.25, -0.2) is 0 Å². The SMILES string of the molecule is CCCCCCCCCCCCCCCC(=O)OC[C@H](COP(=O)([O-])OCC[N+](C)(C)C)OC(=O)CCCCCCCCCCCC1=N/C(=C\c2ccc(C)n2B(F)F)C=C1. The molecule has 0 saturated carbocycles. The van der Waals surface area contributed by atoms with E-state index in [9.17, 15) is 27.7 Å². The lowest BCUT2D eigenvalue weighted by molar-refractivity contribution is -0.870. The Morgan fingerprint density at radius 1 is 0.770 bits per heavy atom. The monoisotopic (exact) mass is 882 g/mol. The number of nitrogens with zero attached hydrogens (tertiary/aromatic N) is 3. The molecule has 0 fully saturated rings. The average molecular weight is 882 g/mol. The molecule has 0 saturated heterocycles. The van der Waals surface area contributed by atoms with E-state index in [0.717, 1.165) is 87.2 Å². The molecule has 1 aromatic heterocycles. The van der Waals surface area contributed by atoms with Crippen LogP contribution < -0.4 is 4.89 Å². The van der Waals surface area contributed by atoms with Crippen molar-refractivity contribution in [3.05, 3.63) is 41.4 Å². The van der Waals surface area contributed by atoms with Crippen molar-refractivity contribution in [2.45, 2.75) is 180 Å². The van der Waals surface area contributed by atoms with Crippen LogP contribution in [0.3, 0.4) is 0 Å². The minimum Gasteiger partial charge on any atom is -0.756 e. The number of phosphoric ester groups is 1. The van der Waals surface area contributed by atoms with Crippen LogP contribution in [0.25, 0.3) is 6.08 Å². The van der Waals surface area contributed by atoms with Crippen LogP contribution in [0, 0.1) is 6.92 Å². The first kappa shape index (κ1) is 54.5. The lowest BCUT2D eigenvalue weighted by atomic mass is 10.0. The third-order valence-electron chi connectivity index (χ3n) is 10.8. The number of carbonyl (C=O) groups excluding carboxylic acids is 2. The number of likely N-dealkylation sites (N-methyl/N-ethyl adjacent to an activating group) is 1. The molecule has 0 amide bonds. The molecular weight excluding hydrogens is 802 g/mol. The fraction of sp³-hybridized carbons (Fsp3) is 0.761. The molecule has 0 aliphatic carbocycles. The topological polar surface area (TPSA) is 128 Å². The van der Waals surface area contributed by atoms with E-state index in [4.69, 9.17) is 18.5 Å². The number of ether oxygens (including phenoxy) is 2. The lowest BCUT2D eigenvalue weighted by Crippen LogP contribution is -2.37. The number of rotatable bonds is 38. The van der Waals surface area contributed by atoms with Gasteiger partial charge in [-0.05, 0) is 63.0 Å². The Labute approximate surface area is 367 Å². The number of unbranched alkanes of at least 4 members (excludes halogenated alkanes) is 20. The van der Waals surface area contributed by atoms with Crippen molar-refractivity contribution in [1.82, 2.24) is 4.48 Å². The maximum Gasteiger partial charge on any atom is 0.677 e. The van der Waals surface area contributed by atoms with Gasteiger partial charge in [0.2, 0.25) is 0 Å². The minimum absolute atomic E-state index is 0.0534. The molecule has 0 aromatic carbocycles. The Hall–Kier alpha value is -2.64. The van der Waals surface area contributed by atoms with Crippen LogP contribution in [0.2, 0.25) is 0 Å². The number of quaternary nitrogens is 1. The number of hydrogen-bond donors (Lipinski definition) is 0. The minimum atomic E-state index is -4.66. The number of halogens is 2. The van der Waals surface area contributed by atoms with Crippen molar-refractivity contribution >= 4 is 39.0 Å². The summed E-state index contributed by atoms with van der Waals surface area (Å²) in [6.45, 7) is 3.52. The van der Waals surface area contributed by atoms with Gasteiger partial charge < -0.3 is 32.4 Å². The summed E-state index contributed by atoms with van der Waals surface area (Å²) < 4.78 is 61.6. The van der Waals surface area contributed by atoms with E-state index in [1.165, 1.54) is 57.8 Å². The summed E-state index contributed by atoms with van der Waals surface area (Å²) in [7, 11) is -1.50. The van der Waals surface area contributed by atoms with Crippen molar-refractivity contribution in [2.75, 3.05) is 47.5 Å². The van der Waals surface area contributed by atoms with Gasteiger partial charge in [-0.1, -0.05) is 129 Å². The van der Waals surface area contributed by atoms with Crippen LogP contribution >= 0.6 is 7.82 Å². The zero-order valence-corrected chi connectivity index (χ0v) is 39.3. The van der Waals surface area contributed by atoms with E-state index in [2.05, 4.69) is 11.9 Å². The van der Waals surface area contributed by atoms with Crippen molar-refractivity contribution in [1.29, 1.82) is 0 Å². The van der Waals surface area contributed by atoms with E-state index >= 15 is 0 Å². The molecule has 0 N–H and O–H groups in total. The molecule has 11 nitrogen and oxygen atoms in total. The molecule has 348 valence electrons. The molecule has 61 heavy (non-hydrogen) atoms. The largest absolute Gasteiger partial charge is 0.756 e. The quantitative estimate of drug-likeness (QED) is 0.0211. The second-order valence-electron chi connectivity index (χ2n) is 17.6. The summed E-state index contributed by atoms with van der Waals surface area (Å²) in [5, 5.41) is 0. The summed E-state index contributed by atoms with van der Waals surface area (Å²) in [6, 6.07) is 3.37. The van der Waals surface area contributed by atoms with Crippen molar-refractivity contribution in [3.8, 4) is 0 Å². The number of carbonyl (C=O) groups is 2. The normalized spacial score (nSPS) is 15.0. The number of phosphoric acid groups is 1. The number of aliphatic imine (C=N–C) groups is 1. The predicted molar refractivity (Wildman–Crippen MR) is 241 cm³/mol. The Kier molecular flexibility index (Phi) is 28.7. The van der Waals surface area contributed by atoms with Crippen molar-refractivity contribution < 1.29 is 50.7 Å². The molecule has 2 rings (SSSR count). The molecule has 0 radical (unpaired) electrons. The fourth-order valence-corrected chi connectivity index (χ4v) is 7.83. The summed E-state index contributed by atoms with van der Waals surface area (Å²) in [5.41, 5.74) is 2.63. The number of allylic oxidation sites excluding steroid dienone is 2. The first-order valence-corrected chi connectivity index (χ1v) is 24.8. The third-order valence-corrected chi connectivity index (χ3v) is 11.8. The Balaban J connectivity index is 1.61. The summed E-state index contributed by atoms with van der Waals surface area (Å²) in [5.74, 6) is -0.899. The van der Waals surface area contributed by atoms with Crippen LogP contribution in [0.5, 0.6) is 0 Å². The molecular formula is C46H79BF2N3O8P. The van der Waals surface area contributed by atoms with Crippen molar-refractivity contribution in [3.63, 3.8) is 0 Å². The summed E-state index contributed by atoms with van der Waals surface area (Å²) in [4.78, 5) is 42.3. The van der Waals surface area contributed by atoms with E-state index in [0.29, 0.717) is 41.0 Å². The van der Waals surface area contributed by atoms with Crippen molar-refractivity contribution in [2.24, 2.45) is 4.99 Å². The third kappa shape index (κ3) is 27.9. The Bertz CT molecular complexity index is 1510. The van der Waals surface area contributed by atoms with Gasteiger partial charge in [-0.2, -0.15) is 0 Å².